The molecule has 0 spiro atoms. The average molecular weight is 550 g/mol. The number of rotatable bonds is 10. The van der Waals surface area contributed by atoms with Crippen LogP contribution in [0.2, 0.25) is 0 Å². The molecule has 7 atom stereocenters. The highest BCUT2D eigenvalue weighted by molar-refractivity contribution is 7.36. The van der Waals surface area contributed by atoms with E-state index in [0.29, 0.717) is 17.9 Å². The Hall–Kier alpha value is -2.09. The molecular formula is C20H30ClFN7O6P. The summed E-state index contributed by atoms with van der Waals surface area (Å²) in [5, 5.41) is 13.7. The van der Waals surface area contributed by atoms with Crippen LogP contribution in [-0.4, -0.2) is 85.7 Å². The molecule has 16 heteroatoms. The predicted octanol–water partition coefficient (Wildman–Crippen LogP) is 1.16. The molecule has 200 valence electrons. The van der Waals surface area contributed by atoms with Crippen LogP contribution in [0.4, 0.5) is 16.2 Å². The second kappa shape index (κ2) is 9.66. The molecule has 1 aliphatic carbocycles. The quantitative estimate of drug-likeness (QED) is 0.220. The smallest absolute Gasteiger partial charge is 0.323 e. The Morgan fingerprint density at radius 2 is 2.17 bits per heavy atom. The fraction of sp³-hybridized carbons (Fsp3) is 0.700. The highest BCUT2D eigenvalue weighted by atomic mass is 35.5. The lowest BCUT2D eigenvalue weighted by Gasteiger charge is -2.24. The topological polar surface area (TPSA) is 167 Å². The van der Waals surface area contributed by atoms with Gasteiger partial charge in [-0.25, -0.2) is 14.5 Å². The van der Waals surface area contributed by atoms with Crippen LogP contribution >= 0.6 is 19.8 Å². The number of nitrogen functional groups attached to an aromatic ring is 1. The number of imidazole rings is 1. The van der Waals surface area contributed by atoms with Crippen LogP contribution in [0, 0.1) is 0 Å². The summed E-state index contributed by atoms with van der Waals surface area (Å²) in [7, 11) is -1.31. The molecule has 0 bridgehead atoms. The molecule has 0 aromatic carbocycles. The van der Waals surface area contributed by atoms with Crippen LogP contribution in [0.25, 0.3) is 11.2 Å². The maximum Gasteiger partial charge on any atom is 0.323 e. The van der Waals surface area contributed by atoms with Gasteiger partial charge in [0.1, 0.15) is 17.7 Å². The molecule has 2 aliphatic rings. The molecule has 3 heterocycles. The number of anilines is 2. The zero-order chi connectivity index (χ0) is 26.6. The van der Waals surface area contributed by atoms with E-state index in [0.717, 1.165) is 0 Å². The highest BCUT2D eigenvalue weighted by Gasteiger charge is 2.89. The van der Waals surface area contributed by atoms with Gasteiger partial charge in [0, 0.05) is 13.6 Å². The Kier molecular flexibility index (Phi) is 7.23. The SMILES string of the molecule is CCN(C)c1nc(N)nc2c1ncn2[C@@H]1O[C@]2(CCl)C(O[PH](=O)N[C@@H](C)C(=O)OC(C)C)[C@]2(O)[C@@H]1F. The van der Waals surface area contributed by atoms with Crippen LogP contribution < -0.4 is 15.7 Å². The van der Waals surface area contributed by atoms with Crippen LogP contribution in [0.1, 0.15) is 33.9 Å². The molecule has 0 amide bonds. The minimum atomic E-state index is -3.11. The number of nitrogens with one attached hydrogen (secondary N) is 1. The summed E-state index contributed by atoms with van der Waals surface area (Å²) in [4.78, 5) is 26.5. The first kappa shape index (κ1) is 27.0. The zero-order valence-corrected chi connectivity index (χ0v) is 22.2. The van der Waals surface area contributed by atoms with Crippen molar-refractivity contribution in [3.63, 3.8) is 0 Å². The molecule has 1 aliphatic heterocycles. The van der Waals surface area contributed by atoms with E-state index in [9.17, 15) is 14.5 Å². The number of fused-ring (bicyclic) bond motifs is 2. The molecule has 0 radical (unpaired) electrons. The van der Waals surface area contributed by atoms with Crippen LogP contribution in [0.15, 0.2) is 6.33 Å². The lowest BCUT2D eigenvalue weighted by Crippen LogP contribution is -2.35. The van der Waals surface area contributed by atoms with Gasteiger partial charge in [0.15, 0.2) is 35.0 Å². The van der Waals surface area contributed by atoms with Crippen molar-refractivity contribution in [1.82, 2.24) is 24.6 Å². The van der Waals surface area contributed by atoms with Crippen molar-refractivity contribution in [2.45, 2.75) is 69.5 Å². The van der Waals surface area contributed by atoms with E-state index in [1.165, 1.54) is 17.8 Å². The van der Waals surface area contributed by atoms with E-state index >= 15 is 4.39 Å². The first-order valence-electron chi connectivity index (χ1n) is 11.4. The maximum absolute atomic E-state index is 15.8. The molecular weight excluding hydrogens is 520 g/mol. The van der Waals surface area contributed by atoms with Crippen LogP contribution in [0.5, 0.6) is 0 Å². The second-order valence-corrected chi connectivity index (χ2v) is 10.5. The van der Waals surface area contributed by atoms with Crippen LogP contribution in [-0.2, 0) is 23.4 Å². The molecule has 2 fully saturated rings. The first-order chi connectivity index (χ1) is 16.9. The number of aliphatic hydroxyl groups is 1. The summed E-state index contributed by atoms with van der Waals surface area (Å²) < 4.78 is 46.0. The summed E-state index contributed by atoms with van der Waals surface area (Å²) in [5.41, 5.74) is 2.59. The Morgan fingerprint density at radius 3 is 2.75 bits per heavy atom. The first-order valence-corrected chi connectivity index (χ1v) is 13.2. The summed E-state index contributed by atoms with van der Waals surface area (Å²) in [6.07, 6.45) is -3.77. The molecule has 2 aromatic heterocycles. The van der Waals surface area contributed by atoms with Gasteiger partial charge in [0.05, 0.1) is 18.3 Å². The number of nitrogens with two attached hydrogens (primary N) is 1. The Balaban J connectivity index is 1.54. The molecule has 4 N–H and O–H groups in total. The van der Waals surface area contributed by atoms with E-state index in [2.05, 4.69) is 20.0 Å². The average Bonchev–Trinajstić information content (AvgIpc) is 3.06. The van der Waals surface area contributed by atoms with Gasteiger partial charge in [-0.2, -0.15) is 9.97 Å². The Bertz CT molecular complexity index is 1180. The summed E-state index contributed by atoms with van der Waals surface area (Å²) in [6.45, 7) is 7.33. The molecule has 2 unspecified atom stereocenters. The number of halogens is 2. The van der Waals surface area contributed by atoms with Gasteiger partial charge in [-0.15, -0.1) is 11.6 Å². The molecule has 4 rings (SSSR count). The Labute approximate surface area is 212 Å². The summed E-state index contributed by atoms with van der Waals surface area (Å²) >= 11 is 6.10. The largest absolute Gasteiger partial charge is 0.462 e. The van der Waals surface area contributed by atoms with Gasteiger partial charge in [-0.05, 0) is 27.7 Å². The molecule has 2 aromatic rings. The number of esters is 1. The second-order valence-electron chi connectivity index (χ2n) is 9.14. The third kappa shape index (κ3) is 4.13. The maximum atomic E-state index is 15.8. The van der Waals surface area contributed by atoms with Gasteiger partial charge in [-0.1, -0.05) is 0 Å². The van der Waals surface area contributed by atoms with E-state index in [1.807, 2.05) is 6.92 Å². The van der Waals surface area contributed by atoms with Gasteiger partial charge in [0.2, 0.25) is 5.95 Å². The van der Waals surface area contributed by atoms with Crippen molar-refractivity contribution in [3.8, 4) is 0 Å². The van der Waals surface area contributed by atoms with E-state index in [-0.39, 0.29) is 23.6 Å². The van der Waals surface area contributed by atoms with Gasteiger partial charge >= 0.3 is 5.97 Å². The van der Waals surface area contributed by atoms with E-state index in [1.54, 1.807) is 25.8 Å². The summed E-state index contributed by atoms with van der Waals surface area (Å²) in [5.74, 6) is -0.563. The summed E-state index contributed by atoms with van der Waals surface area (Å²) in [6, 6.07) is -0.952. The fourth-order valence-corrected chi connectivity index (χ4v) is 5.87. The van der Waals surface area contributed by atoms with Crippen molar-refractivity contribution < 1.29 is 32.9 Å². The number of aromatic nitrogens is 4. The van der Waals surface area contributed by atoms with Gasteiger partial charge in [0.25, 0.3) is 8.18 Å². The van der Waals surface area contributed by atoms with Gasteiger partial charge in [-0.3, -0.25) is 13.9 Å². The molecule has 1 saturated heterocycles. The van der Waals surface area contributed by atoms with Crippen molar-refractivity contribution >= 4 is 48.7 Å². The minimum absolute atomic E-state index is 0.0418. The monoisotopic (exact) mass is 549 g/mol. The van der Waals surface area contributed by atoms with Crippen molar-refractivity contribution in [2.24, 2.45) is 0 Å². The highest BCUT2D eigenvalue weighted by Crippen LogP contribution is 2.67. The zero-order valence-electron chi connectivity index (χ0n) is 20.4. The van der Waals surface area contributed by atoms with E-state index < -0.39 is 49.9 Å². The number of carbonyl (C=O) groups is 1. The number of carbonyl (C=O) groups excluding carboxylic acids is 1. The van der Waals surface area contributed by atoms with Crippen molar-refractivity contribution in [3.05, 3.63) is 6.33 Å². The third-order valence-corrected chi connectivity index (χ3v) is 7.93. The van der Waals surface area contributed by atoms with Crippen LogP contribution in [0.3, 0.4) is 0 Å². The number of ether oxygens (including phenoxy) is 2. The molecule has 36 heavy (non-hydrogen) atoms. The number of nitrogens with zero attached hydrogens (tertiary/aromatic N) is 5. The predicted molar refractivity (Wildman–Crippen MR) is 130 cm³/mol. The Morgan fingerprint density at radius 1 is 1.47 bits per heavy atom. The minimum Gasteiger partial charge on any atom is -0.462 e. The lowest BCUT2D eigenvalue weighted by atomic mass is 10.1. The number of hydrogen-bond acceptors (Lipinski definition) is 11. The van der Waals surface area contributed by atoms with Gasteiger partial charge < -0.3 is 29.7 Å². The van der Waals surface area contributed by atoms with E-state index in [4.69, 9.17) is 31.3 Å². The third-order valence-electron chi connectivity index (χ3n) is 6.41. The number of hydrogen-bond donors (Lipinski definition) is 3. The molecule has 1 saturated carbocycles. The fourth-order valence-electron chi connectivity index (χ4n) is 4.33. The standard InChI is InChI=1S/C20H30ClFN7O6P/c1-6-28(5)13-11-14(26-18(23)25-13)29(8-24-11)15-12(22)20(31)17(19(20,7-21)34-15)35-36(32)27-10(4)16(30)33-9(2)3/h8-10,12,15,17,31,36H,6-7H2,1-5H3,(H,27,32)(H2,23,25,26)/t10-,12+,15+,17?,19+,20+/m0/s1. The lowest BCUT2D eigenvalue weighted by molar-refractivity contribution is -0.149. The number of alkyl halides is 2. The molecule has 13 nitrogen and oxygen atoms in total. The van der Waals surface area contributed by atoms with Crippen molar-refractivity contribution in [1.29, 1.82) is 0 Å². The normalized spacial score (nSPS) is 30.9. The van der Waals surface area contributed by atoms with Crippen molar-refractivity contribution in [2.75, 3.05) is 30.1 Å².